The van der Waals surface area contributed by atoms with E-state index in [1.54, 1.807) is 4.90 Å². The normalized spacial score (nSPS) is 22.9. The van der Waals surface area contributed by atoms with Crippen LogP contribution in [0.2, 0.25) is 0 Å². The topological polar surface area (TPSA) is 52.6 Å². The zero-order valence-corrected chi connectivity index (χ0v) is 9.21. The van der Waals surface area contributed by atoms with Crippen molar-refractivity contribution in [2.75, 3.05) is 19.6 Å². The van der Waals surface area contributed by atoms with Gasteiger partial charge in [0.2, 0.25) is 5.91 Å². The standard InChI is InChI=1S/C10H20N2O2/c1-4-11-10(2,3)9(14)12-6-5-8(13)7-12/h8,11,13H,4-7H2,1-3H3/t8-/m1/s1. The molecule has 1 aliphatic heterocycles. The molecule has 1 saturated heterocycles. The Hall–Kier alpha value is -0.610. The van der Waals surface area contributed by atoms with E-state index in [1.807, 2.05) is 20.8 Å². The Bertz CT molecular complexity index is 216. The minimum Gasteiger partial charge on any atom is -0.391 e. The Kier molecular flexibility index (Phi) is 3.50. The van der Waals surface area contributed by atoms with E-state index in [-0.39, 0.29) is 12.0 Å². The van der Waals surface area contributed by atoms with Gasteiger partial charge in [-0.15, -0.1) is 0 Å². The van der Waals surface area contributed by atoms with Gasteiger partial charge in [0.05, 0.1) is 11.6 Å². The number of rotatable bonds is 3. The lowest BCUT2D eigenvalue weighted by Crippen LogP contribution is -2.53. The number of hydrogen-bond donors (Lipinski definition) is 2. The molecule has 1 heterocycles. The Morgan fingerprint density at radius 2 is 2.29 bits per heavy atom. The molecule has 0 aromatic carbocycles. The SMILES string of the molecule is CCNC(C)(C)C(=O)N1CC[C@@H](O)C1. The third-order valence-electron chi connectivity index (χ3n) is 2.60. The molecule has 0 spiro atoms. The molecule has 0 unspecified atom stereocenters. The fraction of sp³-hybridized carbons (Fsp3) is 0.900. The van der Waals surface area contributed by atoms with Gasteiger partial charge in [-0.05, 0) is 26.8 Å². The van der Waals surface area contributed by atoms with Crippen LogP contribution in [0.15, 0.2) is 0 Å². The molecular formula is C10H20N2O2. The Balaban J connectivity index is 2.56. The second-order valence-electron chi connectivity index (χ2n) is 4.35. The van der Waals surface area contributed by atoms with Gasteiger partial charge in [-0.1, -0.05) is 6.92 Å². The first-order valence-corrected chi connectivity index (χ1v) is 5.20. The van der Waals surface area contributed by atoms with Crippen molar-refractivity contribution in [3.05, 3.63) is 0 Å². The summed E-state index contributed by atoms with van der Waals surface area (Å²) in [7, 11) is 0. The number of likely N-dealkylation sites (N-methyl/N-ethyl adjacent to an activating group) is 1. The van der Waals surface area contributed by atoms with Crippen molar-refractivity contribution in [2.45, 2.75) is 38.8 Å². The lowest BCUT2D eigenvalue weighted by Gasteiger charge is -2.29. The Morgan fingerprint density at radius 3 is 2.71 bits per heavy atom. The van der Waals surface area contributed by atoms with Crippen molar-refractivity contribution in [1.29, 1.82) is 0 Å². The fourth-order valence-electron chi connectivity index (χ4n) is 1.84. The van der Waals surface area contributed by atoms with Crippen LogP contribution in [-0.4, -0.2) is 47.2 Å². The number of carbonyl (C=O) groups is 1. The molecule has 0 aromatic heterocycles. The molecule has 0 radical (unpaired) electrons. The molecular weight excluding hydrogens is 180 g/mol. The molecule has 0 aromatic rings. The first kappa shape index (κ1) is 11.5. The number of aliphatic hydroxyl groups is 1. The van der Waals surface area contributed by atoms with Gasteiger partial charge in [0, 0.05) is 13.1 Å². The van der Waals surface area contributed by atoms with Crippen LogP contribution in [0.25, 0.3) is 0 Å². The lowest BCUT2D eigenvalue weighted by atomic mass is 10.0. The van der Waals surface area contributed by atoms with E-state index in [0.29, 0.717) is 19.5 Å². The van der Waals surface area contributed by atoms with Crippen LogP contribution in [0.3, 0.4) is 0 Å². The number of nitrogens with zero attached hydrogens (tertiary/aromatic N) is 1. The first-order chi connectivity index (χ1) is 6.47. The molecule has 1 rings (SSSR count). The van der Waals surface area contributed by atoms with Crippen LogP contribution >= 0.6 is 0 Å². The highest BCUT2D eigenvalue weighted by molar-refractivity contribution is 5.85. The van der Waals surface area contributed by atoms with Crippen LogP contribution in [0.4, 0.5) is 0 Å². The number of nitrogens with one attached hydrogen (secondary N) is 1. The van der Waals surface area contributed by atoms with Crippen molar-refractivity contribution in [3.63, 3.8) is 0 Å². The van der Waals surface area contributed by atoms with Crippen LogP contribution in [0.5, 0.6) is 0 Å². The van der Waals surface area contributed by atoms with Gasteiger partial charge >= 0.3 is 0 Å². The minimum absolute atomic E-state index is 0.0795. The number of β-amino-alcohol motifs (C(OH)–C–C–N with tert-alkyl or cyclic N) is 1. The third-order valence-corrected chi connectivity index (χ3v) is 2.60. The van der Waals surface area contributed by atoms with E-state index in [9.17, 15) is 9.90 Å². The highest BCUT2D eigenvalue weighted by Gasteiger charge is 2.34. The number of carbonyl (C=O) groups excluding carboxylic acids is 1. The highest BCUT2D eigenvalue weighted by Crippen LogP contribution is 2.15. The number of amides is 1. The number of aliphatic hydroxyl groups excluding tert-OH is 1. The summed E-state index contributed by atoms with van der Waals surface area (Å²) in [6.45, 7) is 7.67. The minimum atomic E-state index is -0.515. The average molecular weight is 200 g/mol. The van der Waals surface area contributed by atoms with Crippen molar-refractivity contribution in [3.8, 4) is 0 Å². The fourth-order valence-corrected chi connectivity index (χ4v) is 1.84. The molecule has 82 valence electrons. The maximum atomic E-state index is 12.0. The Morgan fingerprint density at radius 1 is 1.64 bits per heavy atom. The van der Waals surface area contributed by atoms with E-state index in [0.717, 1.165) is 6.54 Å². The van der Waals surface area contributed by atoms with E-state index in [2.05, 4.69) is 5.32 Å². The molecule has 0 aliphatic carbocycles. The molecule has 4 heteroatoms. The largest absolute Gasteiger partial charge is 0.391 e. The molecule has 4 nitrogen and oxygen atoms in total. The summed E-state index contributed by atoms with van der Waals surface area (Å²) in [6.07, 6.45) is 0.366. The van der Waals surface area contributed by atoms with Crippen LogP contribution < -0.4 is 5.32 Å². The van der Waals surface area contributed by atoms with Crippen LogP contribution in [-0.2, 0) is 4.79 Å². The first-order valence-electron chi connectivity index (χ1n) is 5.20. The van der Waals surface area contributed by atoms with Gasteiger partial charge in [0.25, 0.3) is 0 Å². The van der Waals surface area contributed by atoms with Crippen LogP contribution in [0.1, 0.15) is 27.2 Å². The van der Waals surface area contributed by atoms with Crippen LogP contribution in [0, 0.1) is 0 Å². The summed E-state index contributed by atoms with van der Waals surface area (Å²) in [5.41, 5.74) is -0.515. The van der Waals surface area contributed by atoms with Gasteiger partial charge in [-0.2, -0.15) is 0 Å². The molecule has 14 heavy (non-hydrogen) atoms. The summed E-state index contributed by atoms with van der Waals surface area (Å²) in [5, 5.41) is 12.5. The van der Waals surface area contributed by atoms with Gasteiger partial charge in [-0.25, -0.2) is 0 Å². The zero-order chi connectivity index (χ0) is 10.8. The summed E-state index contributed by atoms with van der Waals surface area (Å²) in [4.78, 5) is 13.7. The molecule has 1 atom stereocenters. The summed E-state index contributed by atoms with van der Waals surface area (Å²) in [5.74, 6) is 0.0795. The van der Waals surface area contributed by atoms with Gasteiger partial charge in [0.15, 0.2) is 0 Å². The smallest absolute Gasteiger partial charge is 0.242 e. The lowest BCUT2D eigenvalue weighted by molar-refractivity contribution is -0.136. The van der Waals surface area contributed by atoms with Crippen molar-refractivity contribution >= 4 is 5.91 Å². The molecule has 1 fully saturated rings. The van der Waals surface area contributed by atoms with Gasteiger partial charge in [-0.3, -0.25) is 4.79 Å². The van der Waals surface area contributed by atoms with E-state index in [4.69, 9.17) is 0 Å². The van der Waals surface area contributed by atoms with E-state index >= 15 is 0 Å². The maximum Gasteiger partial charge on any atom is 0.242 e. The predicted molar refractivity (Wildman–Crippen MR) is 55.0 cm³/mol. The van der Waals surface area contributed by atoms with Gasteiger partial charge < -0.3 is 15.3 Å². The number of likely N-dealkylation sites (tertiary alicyclic amines) is 1. The number of hydrogen-bond acceptors (Lipinski definition) is 3. The van der Waals surface area contributed by atoms with E-state index in [1.165, 1.54) is 0 Å². The quantitative estimate of drug-likeness (QED) is 0.672. The van der Waals surface area contributed by atoms with Crippen molar-refractivity contribution < 1.29 is 9.90 Å². The maximum absolute atomic E-state index is 12.0. The monoisotopic (exact) mass is 200 g/mol. The summed E-state index contributed by atoms with van der Waals surface area (Å²) in [6, 6.07) is 0. The third kappa shape index (κ3) is 2.45. The summed E-state index contributed by atoms with van der Waals surface area (Å²) >= 11 is 0. The molecule has 1 amide bonds. The van der Waals surface area contributed by atoms with Crippen molar-refractivity contribution in [2.24, 2.45) is 0 Å². The van der Waals surface area contributed by atoms with Gasteiger partial charge in [0.1, 0.15) is 0 Å². The molecule has 0 saturated carbocycles. The predicted octanol–water partition coefficient (Wildman–Crippen LogP) is -0.0323. The van der Waals surface area contributed by atoms with Crippen molar-refractivity contribution in [1.82, 2.24) is 10.2 Å². The summed E-state index contributed by atoms with van der Waals surface area (Å²) < 4.78 is 0. The second-order valence-corrected chi connectivity index (χ2v) is 4.35. The zero-order valence-electron chi connectivity index (χ0n) is 9.21. The molecule has 2 N–H and O–H groups in total. The highest BCUT2D eigenvalue weighted by atomic mass is 16.3. The molecule has 1 aliphatic rings. The second kappa shape index (κ2) is 4.28. The average Bonchev–Trinajstić information content (AvgIpc) is 2.50. The van der Waals surface area contributed by atoms with E-state index < -0.39 is 5.54 Å². The molecule has 0 bridgehead atoms. The Labute approximate surface area is 85.3 Å².